The highest BCUT2D eigenvalue weighted by molar-refractivity contribution is 7.92. The summed E-state index contributed by atoms with van der Waals surface area (Å²) in [6.07, 6.45) is 12.1. The average Bonchev–Trinajstić information content (AvgIpc) is 3.66. The summed E-state index contributed by atoms with van der Waals surface area (Å²) in [7, 11) is -2.11. The van der Waals surface area contributed by atoms with Crippen molar-refractivity contribution < 1.29 is 8.42 Å². The van der Waals surface area contributed by atoms with Crippen LogP contribution in [0, 0.1) is 17.2 Å². The molecule has 0 bridgehead atoms. The Bertz CT molecular complexity index is 1510. The lowest BCUT2D eigenvalue weighted by molar-refractivity contribution is 0.315. The van der Waals surface area contributed by atoms with Crippen molar-refractivity contribution in [1.29, 1.82) is 5.26 Å². The van der Waals surface area contributed by atoms with Gasteiger partial charge >= 0.3 is 0 Å². The average molecular weight is 518 g/mol. The Morgan fingerprint density at radius 1 is 1.14 bits per heavy atom. The van der Waals surface area contributed by atoms with Gasteiger partial charge in [-0.2, -0.15) is 23.9 Å². The molecule has 3 heterocycles. The van der Waals surface area contributed by atoms with Crippen LogP contribution in [0.1, 0.15) is 38.1 Å². The zero-order valence-electron chi connectivity index (χ0n) is 20.3. The van der Waals surface area contributed by atoms with E-state index >= 15 is 0 Å². The molecule has 1 aliphatic carbocycles. The Kier molecular flexibility index (Phi) is 6.87. The highest BCUT2D eigenvalue weighted by Gasteiger charge is 2.27. The van der Waals surface area contributed by atoms with Gasteiger partial charge in [-0.1, -0.05) is 12.8 Å². The Balaban J connectivity index is 1.27. The first-order valence-corrected chi connectivity index (χ1v) is 13.5. The highest BCUT2D eigenvalue weighted by Crippen LogP contribution is 2.36. The fourth-order valence-electron chi connectivity index (χ4n) is 4.64. The number of sulfonamides is 1. The number of aryl methyl sites for hydroxylation is 1. The van der Waals surface area contributed by atoms with E-state index in [4.69, 9.17) is 0 Å². The minimum absolute atomic E-state index is 0.0482. The smallest absolute Gasteiger partial charge is 0.281 e. The van der Waals surface area contributed by atoms with Crippen molar-refractivity contribution in [2.45, 2.75) is 43.2 Å². The Labute approximate surface area is 215 Å². The van der Waals surface area contributed by atoms with Gasteiger partial charge in [0.1, 0.15) is 0 Å². The van der Waals surface area contributed by atoms with Crippen molar-refractivity contribution in [3.63, 3.8) is 0 Å². The maximum atomic E-state index is 12.5. The first-order chi connectivity index (χ1) is 17.9. The Morgan fingerprint density at radius 2 is 1.89 bits per heavy atom. The first-order valence-electron chi connectivity index (χ1n) is 12.1. The molecule has 12 heteroatoms. The van der Waals surface area contributed by atoms with Gasteiger partial charge in [0.25, 0.3) is 10.0 Å². The van der Waals surface area contributed by atoms with Gasteiger partial charge < -0.3 is 5.32 Å². The minimum atomic E-state index is -3.77. The lowest BCUT2D eigenvalue weighted by Crippen LogP contribution is -2.17. The van der Waals surface area contributed by atoms with Crippen LogP contribution in [0.2, 0.25) is 0 Å². The quantitative estimate of drug-likeness (QED) is 0.335. The third kappa shape index (κ3) is 5.62. The van der Waals surface area contributed by atoms with Crippen molar-refractivity contribution in [1.82, 2.24) is 29.5 Å². The van der Waals surface area contributed by atoms with Gasteiger partial charge in [-0.15, -0.1) is 0 Å². The number of nitriles is 1. The van der Waals surface area contributed by atoms with Crippen molar-refractivity contribution in [3.05, 3.63) is 61.2 Å². The Morgan fingerprint density at radius 3 is 2.59 bits per heavy atom. The van der Waals surface area contributed by atoms with Gasteiger partial charge in [-0.25, -0.2) is 9.97 Å². The molecule has 4 aromatic rings. The largest absolute Gasteiger partial charge is 0.324 e. The maximum Gasteiger partial charge on any atom is 0.281 e. The van der Waals surface area contributed by atoms with E-state index in [1.165, 1.54) is 23.6 Å². The summed E-state index contributed by atoms with van der Waals surface area (Å²) in [6.45, 7) is 0. The van der Waals surface area contributed by atoms with E-state index in [-0.39, 0.29) is 11.1 Å². The molecule has 2 N–H and O–H groups in total. The molecule has 1 saturated carbocycles. The van der Waals surface area contributed by atoms with E-state index in [0.29, 0.717) is 35.4 Å². The highest BCUT2D eigenvalue weighted by atomic mass is 32.2. The molecule has 1 fully saturated rings. The molecular formula is C25H27N9O2S. The number of rotatable bonds is 9. The van der Waals surface area contributed by atoms with Gasteiger partial charge in [0.05, 0.1) is 30.4 Å². The molecule has 0 amide bonds. The molecule has 1 unspecified atom stereocenters. The summed E-state index contributed by atoms with van der Waals surface area (Å²) in [4.78, 5) is 8.92. The van der Waals surface area contributed by atoms with Gasteiger partial charge in [-0.05, 0) is 55.2 Å². The molecule has 190 valence electrons. The van der Waals surface area contributed by atoms with Crippen LogP contribution in [0.25, 0.3) is 11.3 Å². The molecule has 37 heavy (non-hydrogen) atoms. The van der Waals surface area contributed by atoms with Crippen LogP contribution < -0.4 is 10.0 Å². The second-order valence-electron chi connectivity index (χ2n) is 9.08. The molecule has 0 saturated heterocycles. The summed E-state index contributed by atoms with van der Waals surface area (Å²) in [5, 5.41) is 20.9. The number of aromatic nitrogens is 6. The van der Waals surface area contributed by atoms with Crippen LogP contribution >= 0.6 is 0 Å². The monoisotopic (exact) mass is 517 g/mol. The number of nitrogens with zero attached hydrogens (tertiary/aromatic N) is 7. The van der Waals surface area contributed by atoms with Crippen molar-refractivity contribution in [2.75, 3.05) is 10.0 Å². The van der Waals surface area contributed by atoms with Gasteiger partial charge in [0.2, 0.25) is 5.95 Å². The summed E-state index contributed by atoms with van der Waals surface area (Å²) in [6, 6.07) is 12.4. The van der Waals surface area contributed by atoms with Crippen LogP contribution in [0.4, 0.5) is 17.3 Å². The molecule has 1 aliphatic rings. The topological polar surface area (TPSA) is 143 Å². The second kappa shape index (κ2) is 10.4. The fraction of sp³-hybridized carbons (Fsp3) is 0.320. The van der Waals surface area contributed by atoms with Gasteiger partial charge in [0, 0.05) is 42.6 Å². The SMILES string of the molecule is Cn1ccc(S(=O)(=O)Nc2ccc(Nc3nccc(-c4cnn(C(CC#N)C5CCCC5)c4)n3)cc2)n1. The molecule has 1 atom stereocenters. The van der Waals surface area contributed by atoms with Crippen molar-refractivity contribution >= 4 is 27.3 Å². The van der Waals surface area contributed by atoms with Gasteiger partial charge in [0.15, 0.2) is 5.03 Å². The van der Waals surface area contributed by atoms with E-state index in [1.54, 1.807) is 49.9 Å². The van der Waals surface area contributed by atoms with E-state index in [2.05, 4.69) is 36.3 Å². The lowest BCUT2D eigenvalue weighted by atomic mass is 9.96. The second-order valence-corrected chi connectivity index (χ2v) is 10.7. The first kappa shape index (κ1) is 24.5. The number of hydrogen-bond donors (Lipinski definition) is 2. The van der Waals surface area contributed by atoms with Crippen LogP contribution in [0.3, 0.4) is 0 Å². The molecule has 0 radical (unpaired) electrons. The normalized spacial score (nSPS) is 14.8. The Hall–Kier alpha value is -4.24. The van der Waals surface area contributed by atoms with E-state index < -0.39 is 10.0 Å². The third-order valence-electron chi connectivity index (χ3n) is 6.49. The molecular weight excluding hydrogens is 490 g/mol. The molecule has 1 aromatic carbocycles. The fourth-order valence-corrected chi connectivity index (χ4v) is 5.67. The molecule has 3 aromatic heterocycles. The van der Waals surface area contributed by atoms with E-state index in [1.807, 2.05) is 16.9 Å². The molecule has 0 spiro atoms. The minimum Gasteiger partial charge on any atom is -0.324 e. The summed E-state index contributed by atoms with van der Waals surface area (Å²) in [5.41, 5.74) is 2.67. The summed E-state index contributed by atoms with van der Waals surface area (Å²) < 4.78 is 30.8. The van der Waals surface area contributed by atoms with Crippen LogP contribution in [0.15, 0.2) is 66.2 Å². The molecule has 5 rings (SSSR count). The predicted octanol–water partition coefficient (Wildman–Crippen LogP) is 4.26. The summed E-state index contributed by atoms with van der Waals surface area (Å²) in [5.74, 6) is 0.878. The number of hydrogen-bond acceptors (Lipinski definition) is 8. The van der Waals surface area contributed by atoms with Gasteiger partial charge in [-0.3, -0.25) is 14.1 Å². The molecule has 0 aliphatic heterocycles. The number of benzene rings is 1. The number of nitrogens with one attached hydrogen (secondary N) is 2. The zero-order valence-corrected chi connectivity index (χ0v) is 21.1. The van der Waals surface area contributed by atoms with Crippen molar-refractivity contribution in [2.24, 2.45) is 13.0 Å². The number of anilines is 3. The standard InChI is InChI=1S/C25H27N9O2S/c1-33-15-12-24(31-33)37(35,36)32-21-8-6-20(7-9-21)29-25-27-14-11-22(30-25)19-16-28-34(17-19)23(10-13-26)18-4-2-3-5-18/h6-9,11-12,14-18,23,32H,2-5,10H2,1H3,(H,27,29,30). The van der Waals surface area contributed by atoms with Crippen LogP contribution in [-0.2, 0) is 17.1 Å². The van der Waals surface area contributed by atoms with E-state index in [9.17, 15) is 13.7 Å². The zero-order chi connectivity index (χ0) is 25.8. The lowest BCUT2D eigenvalue weighted by Gasteiger charge is -2.21. The maximum absolute atomic E-state index is 12.5. The van der Waals surface area contributed by atoms with Crippen LogP contribution in [0.5, 0.6) is 0 Å². The summed E-state index contributed by atoms with van der Waals surface area (Å²) >= 11 is 0. The van der Waals surface area contributed by atoms with Crippen molar-refractivity contribution in [3.8, 4) is 17.3 Å². The van der Waals surface area contributed by atoms with Crippen LogP contribution in [-0.4, -0.2) is 37.9 Å². The predicted molar refractivity (Wildman–Crippen MR) is 138 cm³/mol. The molecule has 11 nitrogen and oxygen atoms in total. The third-order valence-corrected chi connectivity index (χ3v) is 7.77. The van der Waals surface area contributed by atoms with E-state index in [0.717, 1.165) is 18.4 Å².